The van der Waals surface area contributed by atoms with Crippen molar-refractivity contribution in [3.05, 3.63) is 36.2 Å². The number of aromatic nitrogens is 2. The third kappa shape index (κ3) is 2.80. The fourth-order valence-corrected chi connectivity index (χ4v) is 2.83. The van der Waals surface area contributed by atoms with E-state index in [2.05, 4.69) is 11.2 Å². The molecule has 0 radical (unpaired) electrons. The maximum Gasteiger partial charge on any atom is 0.0709 e. The Morgan fingerprint density at radius 3 is 3.26 bits per heavy atom. The highest BCUT2D eigenvalue weighted by atomic mass is 16.5. The standard InChI is InChI=1S/C15H21N3O/c16-14(7-3-5-12-6-4-10-19-12)13-11-17-18-9-2-1-8-15(13)18/h1-2,8-9,11-12,14H,3-7,10,16H2. The Hall–Kier alpha value is -1.39. The quantitative estimate of drug-likeness (QED) is 0.898. The first-order chi connectivity index (χ1) is 9.34. The molecule has 1 aliphatic rings. The number of rotatable bonds is 5. The lowest BCUT2D eigenvalue weighted by Crippen LogP contribution is -2.12. The summed E-state index contributed by atoms with van der Waals surface area (Å²) < 4.78 is 7.52. The van der Waals surface area contributed by atoms with E-state index in [-0.39, 0.29) is 6.04 Å². The topological polar surface area (TPSA) is 52.5 Å². The highest BCUT2D eigenvalue weighted by molar-refractivity contribution is 5.54. The zero-order valence-electron chi connectivity index (χ0n) is 11.2. The second kappa shape index (κ2) is 5.72. The molecule has 1 saturated heterocycles. The Balaban J connectivity index is 1.58. The lowest BCUT2D eigenvalue weighted by Gasteiger charge is -2.12. The van der Waals surface area contributed by atoms with Crippen molar-refractivity contribution in [2.75, 3.05) is 6.61 Å². The molecule has 2 aromatic heterocycles. The van der Waals surface area contributed by atoms with E-state index in [0.29, 0.717) is 6.10 Å². The first-order valence-corrected chi connectivity index (χ1v) is 7.14. The van der Waals surface area contributed by atoms with Crippen LogP contribution in [0.4, 0.5) is 0 Å². The Bertz CT molecular complexity index is 531. The van der Waals surface area contributed by atoms with Crippen LogP contribution < -0.4 is 5.73 Å². The van der Waals surface area contributed by atoms with Crippen molar-refractivity contribution in [1.82, 2.24) is 9.61 Å². The van der Waals surface area contributed by atoms with Crippen LogP contribution in [0, 0.1) is 0 Å². The molecule has 2 unspecified atom stereocenters. The van der Waals surface area contributed by atoms with Gasteiger partial charge in [0.05, 0.1) is 17.8 Å². The van der Waals surface area contributed by atoms with Crippen LogP contribution in [0.5, 0.6) is 0 Å². The third-order valence-corrected chi connectivity index (χ3v) is 3.92. The van der Waals surface area contributed by atoms with Gasteiger partial charge in [0.25, 0.3) is 0 Å². The summed E-state index contributed by atoms with van der Waals surface area (Å²) in [5.74, 6) is 0. The van der Waals surface area contributed by atoms with Crippen molar-refractivity contribution in [3.8, 4) is 0 Å². The van der Waals surface area contributed by atoms with E-state index >= 15 is 0 Å². The van der Waals surface area contributed by atoms with Crippen LogP contribution in [-0.2, 0) is 4.74 Å². The molecule has 0 aromatic carbocycles. The number of nitrogens with two attached hydrogens (primary N) is 1. The molecule has 2 N–H and O–H groups in total. The number of ether oxygens (including phenoxy) is 1. The van der Waals surface area contributed by atoms with Gasteiger partial charge >= 0.3 is 0 Å². The Labute approximate surface area is 113 Å². The summed E-state index contributed by atoms with van der Waals surface area (Å²) in [4.78, 5) is 0. The van der Waals surface area contributed by atoms with Crippen LogP contribution in [0.15, 0.2) is 30.6 Å². The van der Waals surface area contributed by atoms with Crippen molar-refractivity contribution in [1.29, 1.82) is 0 Å². The summed E-state index contributed by atoms with van der Waals surface area (Å²) >= 11 is 0. The first kappa shape index (κ1) is 12.6. The molecule has 0 amide bonds. The van der Waals surface area contributed by atoms with Crippen molar-refractivity contribution in [2.45, 2.75) is 44.2 Å². The average molecular weight is 259 g/mol. The number of nitrogens with zero attached hydrogens (tertiary/aromatic N) is 2. The molecule has 0 spiro atoms. The van der Waals surface area contributed by atoms with Gasteiger partial charge in [0, 0.05) is 24.4 Å². The SMILES string of the molecule is NC(CCCC1CCCO1)c1cnn2ccccc12. The maximum absolute atomic E-state index is 6.30. The van der Waals surface area contributed by atoms with Crippen LogP contribution in [0.2, 0.25) is 0 Å². The molecule has 3 heterocycles. The Kier molecular flexibility index (Phi) is 3.80. The monoisotopic (exact) mass is 259 g/mol. The van der Waals surface area contributed by atoms with Crippen molar-refractivity contribution < 1.29 is 4.74 Å². The zero-order valence-corrected chi connectivity index (χ0v) is 11.2. The molecule has 0 aliphatic carbocycles. The van der Waals surface area contributed by atoms with E-state index < -0.39 is 0 Å². The minimum absolute atomic E-state index is 0.0707. The second-order valence-corrected chi connectivity index (χ2v) is 5.30. The summed E-state index contributed by atoms with van der Waals surface area (Å²) in [5, 5.41) is 4.34. The van der Waals surface area contributed by atoms with Gasteiger partial charge in [-0.3, -0.25) is 0 Å². The number of fused-ring (bicyclic) bond motifs is 1. The molecule has 2 aromatic rings. The van der Waals surface area contributed by atoms with Crippen LogP contribution in [0.1, 0.15) is 43.7 Å². The van der Waals surface area contributed by atoms with E-state index in [1.807, 2.05) is 29.0 Å². The van der Waals surface area contributed by atoms with Crippen LogP contribution in [-0.4, -0.2) is 22.3 Å². The number of pyridine rings is 1. The van der Waals surface area contributed by atoms with Gasteiger partial charge < -0.3 is 10.5 Å². The van der Waals surface area contributed by atoms with E-state index in [4.69, 9.17) is 10.5 Å². The highest BCUT2D eigenvalue weighted by Crippen LogP contribution is 2.24. The van der Waals surface area contributed by atoms with E-state index in [1.54, 1.807) is 0 Å². The lowest BCUT2D eigenvalue weighted by molar-refractivity contribution is 0.101. The Morgan fingerprint density at radius 2 is 2.42 bits per heavy atom. The van der Waals surface area contributed by atoms with Gasteiger partial charge in [0.2, 0.25) is 0 Å². The molecule has 4 nitrogen and oxygen atoms in total. The summed E-state index contributed by atoms with van der Waals surface area (Å²) in [6, 6.07) is 6.15. The van der Waals surface area contributed by atoms with E-state index in [0.717, 1.165) is 36.9 Å². The van der Waals surface area contributed by atoms with E-state index in [1.165, 1.54) is 12.8 Å². The molecule has 1 fully saturated rings. The van der Waals surface area contributed by atoms with Gasteiger partial charge in [-0.25, -0.2) is 4.52 Å². The summed E-state index contributed by atoms with van der Waals surface area (Å²) in [7, 11) is 0. The van der Waals surface area contributed by atoms with Gasteiger partial charge in [0.15, 0.2) is 0 Å². The number of hydrogen-bond acceptors (Lipinski definition) is 3. The first-order valence-electron chi connectivity index (χ1n) is 7.14. The van der Waals surface area contributed by atoms with Gasteiger partial charge in [-0.2, -0.15) is 5.10 Å². The second-order valence-electron chi connectivity index (χ2n) is 5.30. The van der Waals surface area contributed by atoms with Crippen LogP contribution >= 0.6 is 0 Å². The van der Waals surface area contributed by atoms with Crippen molar-refractivity contribution in [3.63, 3.8) is 0 Å². The predicted molar refractivity (Wildman–Crippen MR) is 74.9 cm³/mol. The summed E-state index contributed by atoms with van der Waals surface area (Å²) in [6.07, 6.45) is 10.00. The molecule has 0 bridgehead atoms. The summed E-state index contributed by atoms with van der Waals surface area (Å²) in [5.41, 5.74) is 8.56. The average Bonchev–Trinajstić information content (AvgIpc) is 3.07. The third-order valence-electron chi connectivity index (χ3n) is 3.92. The molecule has 19 heavy (non-hydrogen) atoms. The van der Waals surface area contributed by atoms with Crippen LogP contribution in [0.3, 0.4) is 0 Å². The number of hydrogen-bond donors (Lipinski definition) is 1. The fraction of sp³-hybridized carbons (Fsp3) is 0.533. The molecule has 4 heteroatoms. The van der Waals surface area contributed by atoms with Gasteiger partial charge in [-0.1, -0.05) is 6.07 Å². The van der Waals surface area contributed by atoms with Crippen LogP contribution in [0.25, 0.3) is 5.52 Å². The molecular weight excluding hydrogens is 238 g/mol. The Morgan fingerprint density at radius 1 is 1.47 bits per heavy atom. The van der Waals surface area contributed by atoms with Gasteiger partial charge in [-0.05, 0) is 44.2 Å². The molecule has 0 saturated carbocycles. The normalized spacial score (nSPS) is 21.0. The van der Waals surface area contributed by atoms with E-state index in [9.17, 15) is 0 Å². The maximum atomic E-state index is 6.30. The predicted octanol–water partition coefficient (Wildman–Crippen LogP) is 2.68. The largest absolute Gasteiger partial charge is 0.378 e. The summed E-state index contributed by atoms with van der Waals surface area (Å²) in [6.45, 7) is 0.935. The molecule has 1 aliphatic heterocycles. The molecule has 3 rings (SSSR count). The van der Waals surface area contributed by atoms with Crippen molar-refractivity contribution >= 4 is 5.52 Å². The molecule has 2 atom stereocenters. The minimum Gasteiger partial charge on any atom is -0.378 e. The molecular formula is C15H21N3O. The van der Waals surface area contributed by atoms with Gasteiger partial charge in [-0.15, -0.1) is 0 Å². The zero-order chi connectivity index (χ0) is 13.1. The molecule has 102 valence electrons. The van der Waals surface area contributed by atoms with Crippen molar-refractivity contribution in [2.24, 2.45) is 5.73 Å². The highest BCUT2D eigenvalue weighted by Gasteiger charge is 2.17. The smallest absolute Gasteiger partial charge is 0.0709 e. The fourth-order valence-electron chi connectivity index (χ4n) is 2.83. The minimum atomic E-state index is 0.0707. The van der Waals surface area contributed by atoms with Gasteiger partial charge in [0.1, 0.15) is 0 Å². The lowest BCUT2D eigenvalue weighted by atomic mass is 10.0.